The van der Waals surface area contributed by atoms with Crippen molar-refractivity contribution in [2.24, 2.45) is 0 Å². The molecule has 0 saturated carbocycles. The SMILES string of the molecule is CC=CCOc1cc(OC)ccc1C=CC(=O)O. The van der Waals surface area contributed by atoms with Crippen molar-refractivity contribution in [2.45, 2.75) is 6.92 Å². The highest BCUT2D eigenvalue weighted by Crippen LogP contribution is 2.26. The van der Waals surface area contributed by atoms with Gasteiger partial charge in [0.15, 0.2) is 0 Å². The highest BCUT2D eigenvalue weighted by Gasteiger charge is 2.03. The van der Waals surface area contributed by atoms with Gasteiger partial charge in [0, 0.05) is 17.7 Å². The molecule has 4 heteroatoms. The molecule has 0 aliphatic carbocycles. The third kappa shape index (κ3) is 4.33. The number of methoxy groups -OCH3 is 1. The van der Waals surface area contributed by atoms with Crippen molar-refractivity contribution in [1.82, 2.24) is 0 Å². The second-order valence-corrected chi connectivity index (χ2v) is 3.46. The lowest BCUT2D eigenvalue weighted by atomic mass is 10.1. The van der Waals surface area contributed by atoms with E-state index in [9.17, 15) is 4.79 Å². The number of carboxylic acids is 1. The number of carbonyl (C=O) groups is 1. The second kappa shape index (κ2) is 7.17. The Morgan fingerprint density at radius 1 is 1.44 bits per heavy atom. The maximum Gasteiger partial charge on any atom is 0.328 e. The number of carboxylic acid groups (broad SMARTS) is 1. The van der Waals surface area contributed by atoms with Crippen LogP contribution in [0.5, 0.6) is 11.5 Å². The Bertz CT molecular complexity index is 461. The lowest BCUT2D eigenvalue weighted by Gasteiger charge is -2.09. The van der Waals surface area contributed by atoms with E-state index in [-0.39, 0.29) is 0 Å². The van der Waals surface area contributed by atoms with E-state index in [1.165, 1.54) is 6.08 Å². The van der Waals surface area contributed by atoms with E-state index in [0.29, 0.717) is 23.7 Å². The van der Waals surface area contributed by atoms with Crippen molar-refractivity contribution in [2.75, 3.05) is 13.7 Å². The van der Waals surface area contributed by atoms with Gasteiger partial charge >= 0.3 is 5.97 Å². The first-order valence-corrected chi connectivity index (χ1v) is 5.50. The second-order valence-electron chi connectivity index (χ2n) is 3.46. The first-order valence-electron chi connectivity index (χ1n) is 5.50. The maximum atomic E-state index is 10.5. The average molecular weight is 248 g/mol. The summed E-state index contributed by atoms with van der Waals surface area (Å²) < 4.78 is 10.6. The number of ether oxygens (including phenoxy) is 2. The van der Waals surface area contributed by atoms with Crippen molar-refractivity contribution >= 4 is 12.0 Å². The summed E-state index contributed by atoms with van der Waals surface area (Å²) in [5, 5.41) is 8.62. The molecule has 0 spiro atoms. The summed E-state index contributed by atoms with van der Waals surface area (Å²) in [4.78, 5) is 10.5. The summed E-state index contributed by atoms with van der Waals surface area (Å²) in [5.41, 5.74) is 0.697. The largest absolute Gasteiger partial charge is 0.497 e. The molecule has 18 heavy (non-hydrogen) atoms. The third-order valence-corrected chi connectivity index (χ3v) is 2.20. The highest BCUT2D eigenvalue weighted by atomic mass is 16.5. The van der Waals surface area contributed by atoms with Gasteiger partial charge in [-0.2, -0.15) is 0 Å². The molecular formula is C14H16O4. The molecule has 0 saturated heterocycles. The highest BCUT2D eigenvalue weighted by molar-refractivity contribution is 5.86. The maximum absolute atomic E-state index is 10.5. The Labute approximate surface area is 106 Å². The molecule has 4 nitrogen and oxygen atoms in total. The van der Waals surface area contributed by atoms with Crippen molar-refractivity contribution < 1.29 is 19.4 Å². The molecule has 0 atom stereocenters. The summed E-state index contributed by atoms with van der Waals surface area (Å²) >= 11 is 0. The first kappa shape index (κ1) is 13.8. The van der Waals surface area contributed by atoms with Crippen LogP contribution in [0.25, 0.3) is 6.08 Å². The van der Waals surface area contributed by atoms with Gasteiger partial charge < -0.3 is 14.6 Å². The molecule has 0 bridgehead atoms. The van der Waals surface area contributed by atoms with E-state index in [4.69, 9.17) is 14.6 Å². The zero-order valence-electron chi connectivity index (χ0n) is 10.4. The number of hydrogen-bond donors (Lipinski definition) is 1. The fourth-order valence-electron chi connectivity index (χ4n) is 1.30. The lowest BCUT2D eigenvalue weighted by Crippen LogP contribution is -1.96. The first-order chi connectivity index (χ1) is 8.67. The van der Waals surface area contributed by atoms with Gasteiger partial charge in [0.1, 0.15) is 18.1 Å². The number of hydrogen-bond acceptors (Lipinski definition) is 3. The van der Waals surface area contributed by atoms with Crippen LogP contribution in [0.4, 0.5) is 0 Å². The average Bonchev–Trinajstić information content (AvgIpc) is 2.37. The summed E-state index contributed by atoms with van der Waals surface area (Å²) in [7, 11) is 1.57. The van der Waals surface area contributed by atoms with Crippen LogP contribution in [0.1, 0.15) is 12.5 Å². The van der Waals surface area contributed by atoms with Crippen LogP contribution in [-0.4, -0.2) is 24.8 Å². The molecule has 0 fully saturated rings. The topological polar surface area (TPSA) is 55.8 Å². The van der Waals surface area contributed by atoms with Gasteiger partial charge in [0.25, 0.3) is 0 Å². The van der Waals surface area contributed by atoms with E-state index in [1.807, 2.05) is 19.1 Å². The van der Waals surface area contributed by atoms with Gasteiger partial charge in [-0.3, -0.25) is 0 Å². The molecule has 0 unspecified atom stereocenters. The van der Waals surface area contributed by atoms with Crippen molar-refractivity contribution in [3.63, 3.8) is 0 Å². The minimum Gasteiger partial charge on any atom is -0.497 e. The molecule has 0 aliphatic rings. The van der Waals surface area contributed by atoms with Crippen molar-refractivity contribution in [3.8, 4) is 11.5 Å². The smallest absolute Gasteiger partial charge is 0.328 e. The quantitative estimate of drug-likeness (QED) is 0.621. The Morgan fingerprint density at radius 3 is 2.83 bits per heavy atom. The normalized spacial score (nSPS) is 11.0. The summed E-state index contributed by atoms with van der Waals surface area (Å²) in [6, 6.07) is 5.23. The van der Waals surface area contributed by atoms with Gasteiger partial charge in [0.2, 0.25) is 0 Å². The van der Waals surface area contributed by atoms with Crippen LogP contribution >= 0.6 is 0 Å². The van der Waals surface area contributed by atoms with Crippen molar-refractivity contribution in [1.29, 1.82) is 0 Å². The monoisotopic (exact) mass is 248 g/mol. The van der Waals surface area contributed by atoms with E-state index in [0.717, 1.165) is 6.08 Å². The van der Waals surface area contributed by atoms with Crippen LogP contribution in [0.15, 0.2) is 36.4 Å². The fraction of sp³-hybridized carbons (Fsp3) is 0.214. The molecule has 1 aromatic carbocycles. The lowest BCUT2D eigenvalue weighted by molar-refractivity contribution is -0.131. The molecule has 0 aromatic heterocycles. The summed E-state index contributed by atoms with van der Waals surface area (Å²) in [6.45, 7) is 2.33. The summed E-state index contributed by atoms with van der Waals surface area (Å²) in [6.07, 6.45) is 6.31. The Hall–Kier alpha value is -2.23. The standard InChI is InChI=1S/C14H16O4/c1-3-4-9-18-13-10-12(17-2)7-5-11(13)6-8-14(15)16/h3-8,10H,9H2,1-2H3,(H,15,16). The van der Waals surface area contributed by atoms with Gasteiger partial charge in [0.05, 0.1) is 7.11 Å². The fourth-order valence-corrected chi connectivity index (χ4v) is 1.30. The minimum atomic E-state index is -0.995. The Balaban J connectivity index is 2.96. The number of rotatable bonds is 6. The third-order valence-electron chi connectivity index (χ3n) is 2.20. The van der Waals surface area contributed by atoms with E-state index < -0.39 is 5.97 Å². The molecule has 0 heterocycles. The molecule has 1 aromatic rings. The predicted molar refractivity (Wildman–Crippen MR) is 70.0 cm³/mol. The molecular weight excluding hydrogens is 232 g/mol. The van der Waals surface area contributed by atoms with Crippen LogP contribution in [0, 0.1) is 0 Å². The Kier molecular flexibility index (Phi) is 5.51. The minimum absolute atomic E-state index is 0.428. The van der Waals surface area contributed by atoms with Gasteiger partial charge in [-0.15, -0.1) is 0 Å². The zero-order valence-corrected chi connectivity index (χ0v) is 10.4. The van der Waals surface area contributed by atoms with Gasteiger partial charge in [-0.25, -0.2) is 4.79 Å². The Morgan fingerprint density at radius 2 is 2.22 bits per heavy atom. The van der Waals surface area contributed by atoms with E-state index in [1.54, 1.807) is 25.3 Å². The van der Waals surface area contributed by atoms with E-state index in [2.05, 4.69) is 0 Å². The van der Waals surface area contributed by atoms with Gasteiger partial charge in [-0.1, -0.05) is 12.2 Å². The van der Waals surface area contributed by atoms with Crippen LogP contribution in [0.2, 0.25) is 0 Å². The predicted octanol–water partition coefficient (Wildman–Crippen LogP) is 2.75. The number of benzene rings is 1. The molecule has 0 amide bonds. The zero-order chi connectivity index (χ0) is 13.4. The molecule has 96 valence electrons. The molecule has 1 rings (SSSR count). The molecule has 1 N–H and O–H groups in total. The van der Waals surface area contributed by atoms with Crippen LogP contribution in [-0.2, 0) is 4.79 Å². The van der Waals surface area contributed by atoms with Crippen molar-refractivity contribution in [3.05, 3.63) is 42.0 Å². The molecule has 0 radical (unpaired) electrons. The van der Waals surface area contributed by atoms with Crippen LogP contribution < -0.4 is 9.47 Å². The summed E-state index contributed by atoms with van der Waals surface area (Å²) in [5.74, 6) is 0.258. The van der Waals surface area contributed by atoms with Crippen LogP contribution in [0.3, 0.4) is 0 Å². The van der Waals surface area contributed by atoms with E-state index >= 15 is 0 Å². The number of allylic oxidation sites excluding steroid dienone is 1. The molecule has 0 aliphatic heterocycles. The van der Waals surface area contributed by atoms with Gasteiger partial charge in [-0.05, 0) is 25.1 Å². The number of aliphatic carboxylic acids is 1.